The number of rotatable bonds is 6. The van der Waals surface area contributed by atoms with Gasteiger partial charge in [0, 0.05) is 17.0 Å². The number of benzene rings is 2. The van der Waals surface area contributed by atoms with Gasteiger partial charge in [0.2, 0.25) is 0 Å². The number of halogens is 2. The van der Waals surface area contributed by atoms with Crippen molar-refractivity contribution in [2.45, 2.75) is 18.9 Å². The third-order valence-electron chi connectivity index (χ3n) is 4.19. The van der Waals surface area contributed by atoms with Crippen LogP contribution in [-0.4, -0.2) is 29.9 Å². The van der Waals surface area contributed by atoms with Crippen molar-refractivity contribution in [1.82, 2.24) is 0 Å². The summed E-state index contributed by atoms with van der Waals surface area (Å²) in [4.78, 5) is 25.9. The third-order valence-corrected chi connectivity index (χ3v) is 4.81. The number of ether oxygens (including phenoxy) is 1. The Morgan fingerprint density at radius 1 is 1.15 bits per heavy atom. The summed E-state index contributed by atoms with van der Waals surface area (Å²) in [5, 5.41) is 11.4. The van der Waals surface area contributed by atoms with Gasteiger partial charge in [-0.1, -0.05) is 41.4 Å². The van der Waals surface area contributed by atoms with E-state index in [4.69, 9.17) is 27.9 Å². The van der Waals surface area contributed by atoms with Crippen molar-refractivity contribution in [3.05, 3.63) is 58.1 Å². The summed E-state index contributed by atoms with van der Waals surface area (Å²) in [6.45, 7) is 1.65. The number of hydrogen-bond acceptors (Lipinski definition) is 4. The Labute approximate surface area is 161 Å². The molecular formula is C19H17Cl2NO4. The molecule has 1 aliphatic heterocycles. The van der Waals surface area contributed by atoms with Crippen LogP contribution in [0.2, 0.25) is 10.0 Å². The topological polar surface area (TPSA) is 66.8 Å². The average Bonchev–Trinajstić information content (AvgIpc) is 2.81. The zero-order valence-corrected chi connectivity index (χ0v) is 15.5. The molecule has 136 valence electrons. The molecule has 26 heavy (non-hydrogen) atoms. The number of carbonyl (C=O) groups is 2. The molecular weight excluding hydrogens is 377 g/mol. The second kappa shape index (κ2) is 7.27. The summed E-state index contributed by atoms with van der Waals surface area (Å²) in [5.41, 5.74) is -1.52. The predicted molar refractivity (Wildman–Crippen MR) is 99.9 cm³/mol. The van der Waals surface area contributed by atoms with Crippen molar-refractivity contribution in [2.75, 3.05) is 18.1 Å². The molecule has 0 aliphatic carbocycles. The number of nitrogens with zero attached hydrogens (tertiary/aromatic N) is 1. The maximum absolute atomic E-state index is 12.9. The zero-order chi connectivity index (χ0) is 18.9. The minimum atomic E-state index is -2.02. The molecule has 0 radical (unpaired) electrons. The molecule has 2 aromatic carbocycles. The highest BCUT2D eigenvalue weighted by Gasteiger charge is 2.52. The van der Waals surface area contributed by atoms with Gasteiger partial charge in [-0.25, -0.2) is 0 Å². The monoisotopic (exact) mass is 393 g/mol. The van der Waals surface area contributed by atoms with Gasteiger partial charge >= 0.3 is 0 Å². The van der Waals surface area contributed by atoms with Crippen LogP contribution in [0, 0.1) is 0 Å². The molecule has 1 heterocycles. The van der Waals surface area contributed by atoms with E-state index in [0.717, 1.165) is 0 Å². The van der Waals surface area contributed by atoms with Crippen LogP contribution in [0.15, 0.2) is 42.5 Å². The molecule has 3 rings (SSSR count). The SMILES string of the molecule is CC(=O)CC1(O)C(=O)N(CCOc2ccccc2)c2c(Cl)ccc(Cl)c21. The van der Waals surface area contributed by atoms with Crippen molar-refractivity contribution in [3.8, 4) is 5.75 Å². The van der Waals surface area contributed by atoms with Crippen molar-refractivity contribution in [2.24, 2.45) is 0 Å². The fourth-order valence-corrected chi connectivity index (χ4v) is 3.71. The molecule has 0 saturated carbocycles. The van der Waals surface area contributed by atoms with Gasteiger partial charge in [-0.05, 0) is 31.2 Å². The van der Waals surface area contributed by atoms with Gasteiger partial charge in [0.1, 0.15) is 18.1 Å². The van der Waals surface area contributed by atoms with Gasteiger partial charge in [-0.15, -0.1) is 0 Å². The average molecular weight is 394 g/mol. The standard InChI is InChI=1S/C19H17Cl2NO4/c1-12(23)11-19(25)16-14(20)7-8-15(21)17(16)22(18(19)24)9-10-26-13-5-3-2-4-6-13/h2-8,25H,9-11H2,1H3. The van der Waals surface area contributed by atoms with E-state index < -0.39 is 11.5 Å². The zero-order valence-electron chi connectivity index (χ0n) is 14.0. The Hall–Kier alpha value is -2.08. The molecule has 0 spiro atoms. The Morgan fingerprint density at radius 3 is 2.46 bits per heavy atom. The Balaban J connectivity index is 1.91. The lowest BCUT2D eigenvalue weighted by molar-refractivity contribution is -0.141. The largest absolute Gasteiger partial charge is 0.492 e. The van der Waals surface area contributed by atoms with Crippen molar-refractivity contribution >= 4 is 40.6 Å². The van der Waals surface area contributed by atoms with Crippen LogP contribution in [-0.2, 0) is 15.2 Å². The van der Waals surface area contributed by atoms with Crippen LogP contribution >= 0.6 is 23.2 Å². The summed E-state index contributed by atoms with van der Waals surface area (Å²) in [5.74, 6) is -0.296. The molecule has 0 saturated heterocycles. The van der Waals surface area contributed by atoms with Crippen LogP contribution < -0.4 is 9.64 Å². The van der Waals surface area contributed by atoms with E-state index in [0.29, 0.717) is 11.4 Å². The normalized spacial score (nSPS) is 18.8. The summed E-state index contributed by atoms with van der Waals surface area (Å²) in [7, 11) is 0. The maximum atomic E-state index is 12.9. The van der Waals surface area contributed by atoms with Crippen molar-refractivity contribution in [3.63, 3.8) is 0 Å². The summed E-state index contributed by atoms with van der Waals surface area (Å²) >= 11 is 12.5. The highest BCUT2D eigenvalue weighted by molar-refractivity contribution is 6.38. The molecule has 7 heteroatoms. The Morgan fingerprint density at radius 2 is 1.81 bits per heavy atom. The first-order valence-electron chi connectivity index (χ1n) is 8.04. The highest BCUT2D eigenvalue weighted by Crippen LogP contribution is 2.49. The molecule has 1 N–H and O–H groups in total. The molecule has 1 aliphatic rings. The van der Waals surface area contributed by atoms with Gasteiger partial charge < -0.3 is 14.7 Å². The smallest absolute Gasteiger partial charge is 0.264 e. The number of anilines is 1. The maximum Gasteiger partial charge on any atom is 0.264 e. The lowest BCUT2D eigenvalue weighted by Crippen LogP contribution is -2.43. The van der Waals surface area contributed by atoms with Crippen LogP contribution in [0.5, 0.6) is 5.75 Å². The summed E-state index contributed by atoms with van der Waals surface area (Å²) < 4.78 is 5.63. The number of aliphatic hydroxyl groups is 1. The van der Waals surface area contributed by atoms with Gasteiger partial charge in [0.05, 0.1) is 17.3 Å². The first-order chi connectivity index (χ1) is 12.3. The van der Waals surface area contributed by atoms with E-state index in [1.807, 2.05) is 18.2 Å². The van der Waals surface area contributed by atoms with E-state index in [1.54, 1.807) is 18.2 Å². The number of carbonyl (C=O) groups excluding carboxylic acids is 2. The molecule has 1 amide bonds. The summed E-state index contributed by atoms with van der Waals surface area (Å²) in [6.07, 6.45) is -0.366. The van der Waals surface area contributed by atoms with E-state index in [-0.39, 0.29) is 41.0 Å². The van der Waals surface area contributed by atoms with Crippen LogP contribution in [0.3, 0.4) is 0 Å². The van der Waals surface area contributed by atoms with Crippen LogP contribution in [0.1, 0.15) is 18.9 Å². The Bertz CT molecular complexity index is 856. The molecule has 1 unspecified atom stereocenters. The second-order valence-electron chi connectivity index (χ2n) is 6.11. The molecule has 0 bridgehead atoms. The van der Waals surface area contributed by atoms with Crippen molar-refractivity contribution < 1.29 is 19.4 Å². The lowest BCUT2D eigenvalue weighted by Gasteiger charge is -2.22. The van der Waals surface area contributed by atoms with Gasteiger partial charge in [0.15, 0.2) is 5.60 Å². The van der Waals surface area contributed by atoms with Gasteiger partial charge in [-0.3, -0.25) is 9.59 Å². The highest BCUT2D eigenvalue weighted by atomic mass is 35.5. The van der Waals surface area contributed by atoms with E-state index in [1.165, 1.54) is 17.9 Å². The van der Waals surface area contributed by atoms with Crippen molar-refractivity contribution in [1.29, 1.82) is 0 Å². The molecule has 0 fully saturated rings. The number of para-hydroxylation sites is 1. The minimum absolute atomic E-state index is 0.154. The van der Waals surface area contributed by atoms with Crippen LogP contribution in [0.25, 0.3) is 0 Å². The first kappa shape index (κ1) is 18.7. The van der Waals surface area contributed by atoms with Gasteiger partial charge in [-0.2, -0.15) is 0 Å². The first-order valence-corrected chi connectivity index (χ1v) is 8.80. The number of ketones is 1. The Kier molecular flexibility index (Phi) is 5.23. The van der Waals surface area contributed by atoms with E-state index >= 15 is 0 Å². The van der Waals surface area contributed by atoms with Crippen LogP contribution in [0.4, 0.5) is 5.69 Å². The fourth-order valence-electron chi connectivity index (χ4n) is 3.14. The number of amides is 1. The number of hydrogen-bond donors (Lipinski definition) is 1. The summed E-state index contributed by atoms with van der Waals surface area (Å²) in [6, 6.07) is 12.2. The molecule has 1 atom stereocenters. The minimum Gasteiger partial charge on any atom is -0.492 e. The van der Waals surface area contributed by atoms with Gasteiger partial charge in [0.25, 0.3) is 5.91 Å². The molecule has 0 aromatic heterocycles. The number of Topliss-reactive ketones (excluding diaryl/α,β-unsaturated/α-hetero) is 1. The van der Waals surface area contributed by atoms with E-state index in [9.17, 15) is 14.7 Å². The molecule has 2 aromatic rings. The number of fused-ring (bicyclic) bond motifs is 1. The fraction of sp³-hybridized carbons (Fsp3) is 0.263. The predicted octanol–water partition coefficient (Wildman–Crippen LogP) is 3.59. The third kappa shape index (κ3) is 3.30. The molecule has 5 nitrogen and oxygen atoms in total. The lowest BCUT2D eigenvalue weighted by atomic mass is 9.90. The quantitative estimate of drug-likeness (QED) is 0.814. The second-order valence-corrected chi connectivity index (χ2v) is 6.92. The van der Waals surface area contributed by atoms with E-state index in [2.05, 4.69) is 0 Å².